The van der Waals surface area contributed by atoms with Crippen LogP contribution in [0.1, 0.15) is 11.1 Å². The van der Waals surface area contributed by atoms with Gasteiger partial charge in [-0.3, -0.25) is 4.79 Å². The van der Waals surface area contributed by atoms with E-state index in [2.05, 4.69) is 11.8 Å². The first-order valence-electron chi connectivity index (χ1n) is 8.15. The molecule has 2 nitrogen and oxygen atoms in total. The second-order valence-corrected chi connectivity index (χ2v) is 9.05. The average Bonchev–Trinajstić information content (AvgIpc) is 2.62. The lowest BCUT2D eigenvalue weighted by molar-refractivity contribution is 0.369. The zero-order valence-electron chi connectivity index (χ0n) is 14.8. The summed E-state index contributed by atoms with van der Waals surface area (Å²) in [4.78, 5) is 12.2. The zero-order valence-corrected chi connectivity index (χ0v) is 17.9. The van der Waals surface area contributed by atoms with E-state index in [-0.39, 0.29) is 5.43 Å². The highest BCUT2D eigenvalue weighted by atomic mass is 35.5. The number of fused-ring (bicyclic) bond motifs is 1. The van der Waals surface area contributed by atoms with Gasteiger partial charge in [-0.2, -0.15) is 0 Å². The highest BCUT2D eigenvalue weighted by Crippen LogP contribution is 2.29. The molecule has 0 aliphatic carbocycles. The van der Waals surface area contributed by atoms with Gasteiger partial charge in [0.1, 0.15) is 12.4 Å². The molecule has 2 aromatic carbocycles. The van der Waals surface area contributed by atoms with Gasteiger partial charge in [-0.1, -0.05) is 35.0 Å². The predicted octanol–water partition coefficient (Wildman–Crippen LogP) is 6.36. The van der Waals surface area contributed by atoms with Crippen molar-refractivity contribution < 1.29 is 4.74 Å². The Morgan fingerprint density at radius 3 is 2.56 bits per heavy atom. The molecular weight excluding hydrogens is 419 g/mol. The molecule has 0 aliphatic rings. The molecule has 1 heterocycles. The molecule has 3 rings (SSSR count). The van der Waals surface area contributed by atoms with Crippen LogP contribution in [0.15, 0.2) is 45.4 Å². The largest absolute Gasteiger partial charge is 0.481 e. The van der Waals surface area contributed by atoms with Gasteiger partial charge < -0.3 is 4.74 Å². The van der Waals surface area contributed by atoms with E-state index in [0.29, 0.717) is 22.8 Å². The van der Waals surface area contributed by atoms with E-state index in [0.717, 1.165) is 30.8 Å². The van der Waals surface area contributed by atoms with Crippen LogP contribution in [0, 0.1) is 25.7 Å². The number of aryl methyl sites for hydroxylation is 2. The van der Waals surface area contributed by atoms with E-state index < -0.39 is 0 Å². The lowest BCUT2D eigenvalue weighted by atomic mass is 10.1. The van der Waals surface area contributed by atoms with Crippen molar-refractivity contribution in [1.29, 1.82) is 0 Å². The molecule has 0 saturated heterocycles. The van der Waals surface area contributed by atoms with Gasteiger partial charge in [0, 0.05) is 26.2 Å². The Kier molecular flexibility index (Phi) is 6.73. The number of benzene rings is 2. The quantitative estimate of drug-likeness (QED) is 0.352. The van der Waals surface area contributed by atoms with Gasteiger partial charge in [0.2, 0.25) is 0 Å². The third kappa shape index (κ3) is 5.21. The predicted molar refractivity (Wildman–Crippen MR) is 118 cm³/mol. The van der Waals surface area contributed by atoms with Crippen LogP contribution in [0.2, 0.25) is 10.0 Å². The third-order valence-electron chi connectivity index (χ3n) is 3.80. The van der Waals surface area contributed by atoms with Crippen molar-refractivity contribution in [1.82, 2.24) is 0 Å². The normalized spacial score (nSPS) is 10.5. The Labute approximate surface area is 176 Å². The Morgan fingerprint density at radius 2 is 1.81 bits per heavy atom. The number of hydrogen-bond donors (Lipinski definition) is 0. The number of rotatable bonds is 4. The van der Waals surface area contributed by atoms with E-state index >= 15 is 0 Å². The molecule has 138 valence electrons. The van der Waals surface area contributed by atoms with Crippen LogP contribution in [0.25, 0.3) is 10.1 Å². The molecule has 0 aliphatic heterocycles. The molecule has 0 unspecified atom stereocenters. The Balaban J connectivity index is 1.58. The Bertz CT molecular complexity index is 1090. The standard InChI is InChI=1S/C21H16Cl2O2S2/c1-13-9-16(10-14(2)21(13)23)25-7-3-4-8-26-20-12-18(24)17-6-5-15(22)11-19(17)27-20/h5-6,9-12H,7-8H2,1-2H3. The second kappa shape index (κ2) is 9.03. The monoisotopic (exact) mass is 434 g/mol. The van der Waals surface area contributed by atoms with Crippen LogP contribution in [-0.4, -0.2) is 12.4 Å². The summed E-state index contributed by atoms with van der Waals surface area (Å²) in [5, 5.41) is 2.09. The maximum Gasteiger partial charge on any atom is 0.189 e. The molecule has 27 heavy (non-hydrogen) atoms. The van der Waals surface area contributed by atoms with Crippen molar-refractivity contribution in [3.63, 3.8) is 0 Å². The summed E-state index contributed by atoms with van der Waals surface area (Å²) in [5.41, 5.74) is 1.98. The summed E-state index contributed by atoms with van der Waals surface area (Å²) in [7, 11) is 0. The number of hydrogen-bond acceptors (Lipinski definition) is 4. The Hall–Kier alpha value is -1.64. The highest BCUT2D eigenvalue weighted by Gasteiger charge is 2.04. The van der Waals surface area contributed by atoms with E-state index in [1.807, 2.05) is 32.0 Å². The minimum Gasteiger partial charge on any atom is -0.481 e. The van der Waals surface area contributed by atoms with Crippen LogP contribution in [0.4, 0.5) is 0 Å². The van der Waals surface area contributed by atoms with Crippen molar-refractivity contribution in [3.8, 4) is 17.6 Å². The number of thioether (sulfide) groups is 1. The van der Waals surface area contributed by atoms with Crippen molar-refractivity contribution >= 4 is 56.4 Å². The first kappa shape index (κ1) is 20.1. The molecule has 3 aromatic rings. The topological polar surface area (TPSA) is 26.3 Å². The number of halogens is 2. The van der Waals surface area contributed by atoms with E-state index in [1.165, 1.54) is 11.8 Å². The molecule has 0 saturated carbocycles. The van der Waals surface area contributed by atoms with Crippen LogP contribution in [-0.2, 0) is 0 Å². The lowest BCUT2D eigenvalue weighted by Crippen LogP contribution is -1.98. The minimum absolute atomic E-state index is 0.00712. The highest BCUT2D eigenvalue weighted by molar-refractivity contribution is 8.01. The maximum absolute atomic E-state index is 12.2. The van der Waals surface area contributed by atoms with Crippen molar-refractivity contribution in [2.24, 2.45) is 0 Å². The van der Waals surface area contributed by atoms with Gasteiger partial charge >= 0.3 is 0 Å². The summed E-state index contributed by atoms with van der Waals surface area (Å²) in [6.07, 6.45) is 0. The fourth-order valence-corrected chi connectivity index (χ4v) is 4.88. The summed E-state index contributed by atoms with van der Waals surface area (Å²) in [6.45, 7) is 4.21. The molecular formula is C21H16Cl2O2S2. The molecule has 0 fully saturated rings. The zero-order chi connectivity index (χ0) is 19.4. The molecule has 0 radical (unpaired) electrons. The second-order valence-electron chi connectivity index (χ2n) is 5.87. The molecule has 0 amide bonds. The molecule has 0 atom stereocenters. The van der Waals surface area contributed by atoms with Crippen LogP contribution in [0.5, 0.6) is 5.75 Å². The summed E-state index contributed by atoms with van der Waals surface area (Å²) in [6, 6.07) is 10.8. The van der Waals surface area contributed by atoms with E-state index in [1.54, 1.807) is 29.5 Å². The molecule has 0 bridgehead atoms. The number of ether oxygens (including phenoxy) is 1. The summed E-state index contributed by atoms with van der Waals surface area (Å²) in [5.74, 6) is 7.41. The minimum atomic E-state index is 0.00712. The third-order valence-corrected chi connectivity index (χ3v) is 6.80. The van der Waals surface area contributed by atoms with E-state index in [4.69, 9.17) is 27.9 Å². The van der Waals surface area contributed by atoms with Crippen molar-refractivity contribution in [3.05, 3.63) is 67.8 Å². The molecule has 6 heteroatoms. The smallest absolute Gasteiger partial charge is 0.189 e. The van der Waals surface area contributed by atoms with Gasteiger partial charge in [0.15, 0.2) is 5.43 Å². The average molecular weight is 435 g/mol. The van der Waals surface area contributed by atoms with E-state index in [9.17, 15) is 4.79 Å². The SMILES string of the molecule is Cc1cc(OCC#CCSc2cc(=O)c3ccc(Cl)cc3s2)cc(C)c1Cl. The summed E-state index contributed by atoms with van der Waals surface area (Å²) < 4.78 is 7.48. The van der Waals surface area contributed by atoms with Gasteiger partial charge in [-0.25, -0.2) is 0 Å². The molecule has 0 N–H and O–H groups in total. The maximum atomic E-state index is 12.2. The van der Waals surface area contributed by atoms with Crippen molar-refractivity contribution in [2.75, 3.05) is 12.4 Å². The Morgan fingerprint density at radius 1 is 1.07 bits per heavy atom. The van der Waals surface area contributed by atoms with Gasteiger partial charge in [0.25, 0.3) is 0 Å². The van der Waals surface area contributed by atoms with Gasteiger partial charge in [0.05, 0.1) is 9.96 Å². The van der Waals surface area contributed by atoms with Crippen LogP contribution >= 0.6 is 46.3 Å². The fourth-order valence-electron chi connectivity index (χ4n) is 2.50. The molecule has 1 aromatic heterocycles. The van der Waals surface area contributed by atoms with Gasteiger partial charge in [-0.05, 0) is 55.3 Å². The lowest BCUT2D eigenvalue weighted by Gasteiger charge is -2.07. The first-order chi connectivity index (χ1) is 12.9. The van der Waals surface area contributed by atoms with Crippen molar-refractivity contribution in [2.45, 2.75) is 18.1 Å². The molecule has 0 spiro atoms. The first-order valence-corrected chi connectivity index (χ1v) is 10.7. The van der Waals surface area contributed by atoms with Crippen LogP contribution in [0.3, 0.4) is 0 Å². The van der Waals surface area contributed by atoms with Crippen LogP contribution < -0.4 is 10.2 Å². The summed E-state index contributed by atoms with van der Waals surface area (Å²) >= 11 is 15.3. The fraction of sp³-hybridized carbons (Fsp3) is 0.190. The van der Waals surface area contributed by atoms with Gasteiger partial charge in [-0.15, -0.1) is 23.1 Å².